The SMILES string of the molecule is COc1cccc(-c2cc(C(=O)NCc3nnc(-c4ccccc4)o3)on2)c1. The molecule has 0 atom stereocenters. The van der Waals surface area contributed by atoms with Gasteiger partial charge in [0.05, 0.1) is 13.7 Å². The minimum atomic E-state index is -0.430. The number of amides is 1. The highest BCUT2D eigenvalue weighted by Gasteiger charge is 2.16. The third-order valence-corrected chi connectivity index (χ3v) is 3.99. The molecule has 1 N–H and O–H groups in total. The zero-order valence-electron chi connectivity index (χ0n) is 15.0. The summed E-state index contributed by atoms with van der Waals surface area (Å²) in [6.45, 7) is 0.0772. The Hall–Kier alpha value is -3.94. The molecule has 0 aliphatic carbocycles. The third-order valence-electron chi connectivity index (χ3n) is 3.99. The second kappa shape index (κ2) is 7.75. The first-order valence-electron chi connectivity index (χ1n) is 8.50. The van der Waals surface area contributed by atoms with Crippen LogP contribution in [-0.4, -0.2) is 28.4 Å². The average molecular weight is 376 g/mol. The molecule has 2 aromatic carbocycles. The van der Waals surface area contributed by atoms with Gasteiger partial charge in [-0.3, -0.25) is 4.79 Å². The van der Waals surface area contributed by atoms with E-state index in [0.29, 0.717) is 23.2 Å². The average Bonchev–Trinajstić information content (AvgIpc) is 3.43. The highest BCUT2D eigenvalue weighted by atomic mass is 16.5. The van der Waals surface area contributed by atoms with Crippen LogP contribution in [0.15, 0.2) is 69.6 Å². The van der Waals surface area contributed by atoms with Gasteiger partial charge in [0.15, 0.2) is 0 Å². The number of benzene rings is 2. The molecule has 8 heteroatoms. The predicted octanol–water partition coefficient (Wildman–Crippen LogP) is 3.33. The summed E-state index contributed by atoms with van der Waals surface area (Å²) < 4.78 is 15.9. The van der Waals surface area contributed by atoms with Gasteiger partial charge in [-0.15, -0.1) is 10.2 Å². The van der Waals surface area contributed by atoms with Crippen LogP contribution in [0.4, 0.5) is 0 Å². The highest BCUT2D eigenvalue weighted by Crippen LogP contribution is 2.23. The normalized spacial score (nSPS) is 10.6. The van der Waals surface area contributed by atoms with Crippen LogP contribution in [0.1, 0.15) is 16.4 Å². The Balaban J connectivity index is 1.41. The van der Waals surface area contributed by atoms with E-state index in [0.717, 1.165) is 11.1 Å². The zero-order valence-corrected chi connectivity index (χ0v) is 15.0. The summed E-state index contributed by atoms with van der Waals surface area (Å²) in [7, 11) is 1.58. The van der Waals surface area contributed by atoms with Crippen molar-refractivity contribution in [3.8, 4) is 28.5 Å². The number of carbonyl (C=O) groups excluding carboxylic acids is 1. The highest BCUT2D eigenvalue weighted by molar-refractivity contribution is 5.92. The topological polar surface area (TPSA) is 103 Å². The summed E-state index contributed by atoms with van der Waals surface area (Å²) in [5.41, 5.74) is 2.13. The monoisotopic (exact) mass is 376 g/mol. The van der Waals surface area contributed by atoms with Gasteiger partial charge in [0.2, 0.25) is 17.5 Å². The molecule has 0 radical (unpaired) electrons. The lowest BCUT2D eigenvalue weighted by atomic mass is 10.1. The number of nitrogens with zero attached hydrogens (tertiary/aromatic N) is 3. The van der Waals surface area contributed by atoms with Crippen molar-refractivity contribution in [2.75, 3.05) is 7.11 Å². The van der Waals surface area contributed by atoms with Crippen LogP contribution >= 0.6 is 0 Å². The van der Waals surface area contributed by atoms with E-state index < -0.39 is 5.91 Å². The second-order valence-electron chi connectivity index (χ2n) is 5.86. The van der Waals surface area contributed by atoms with E-state index in [4.69, 9.17) is 13.7 Å². The summed E-state index contributed by atoms with van der Waals surface area (Å²) in [6.07, 6.45) is 0. The molecule has 4 aromatic rings. The maximum Gasteiger partial charge on any atom is 0.290 e. The molecular weight excluding hydrogens is 360 g/mol. The van der Waals surface area contributed by atoms with E-state index in [1.54, 1.807) is 13.2 Å². The van der Waals surface area contributed by atoms with Crippen LogP contribution in [0.5, 0.6) is 5.75 Å². The van der Waals surface area contributed by atoms with Gasteiger partial charge in [0.25, 0.3) is 5.91 Å². The minimum Gasteiger partial charge on any atom is -0.497 e. The molecule has 0 spiro atoms. The fourth-order valence-corrected chi connectivity index (χ4v) is 2.57. The first-order valence-corrected chi connectivity index (χ1v) is 8.50. The number of aromatic nitrogens is 3. The van der Waals surface area contributed by atoms with Gasteiger partial charge in [-0.2, -0.15) is 0 Å². The van der Waals surface area contributed by atoms with Crippen molar-refractivity contribution >= 4 is 5.91 Å². The number of carbonyl (C=O) groups is 1. The molecule has 0 bridgehead atoms. The Kier molecular flexibility index (Phi) is 4.83. The number of hydrogen-bond donors (Lipinski definition) is 1. The second-order valence-corrected chi connectivity index (χ2v) is 5.86. The predicted molar refractivity (Wildman–Crippen MR) is 99.4 cm³/mol. The lowest BCUT2D eigenvalue weighted by Gasteiger charge is -2.00. The Labute approximate surface area is 160 Å². The van der Waals surface area contributed by atoms with Gasteiger partial charge < -0.3 is 19.0 Å². The molecule has 4 rings (SSSR count). The lowest BCUT2D eigenvalue weighted by Crippen LogP contribution is -2.22. The first kappa shape index (κ1) is 17.5. The van der Waals surface area contributed by atoms with E-state index in [-0.39, 0.29) is 12.3 Å². The van der Waals surface area contributed by atoms with Gasteiger partial charge >= 0.3 is 0 Å². The summed E-state index contributed by atoms with van der Waals surface area (Å²) in [4.78, 5) is 12.3. The molecule has 0 unspecified atom stereocenters. The Bertz CT molecular complexity index is 1090. The Morgan fingerprint density at radius 3 is 2.68 bits per heavy atom. The number of nitrogens with one attached hydrogen (secondary N) is 1. The largest absolute Gasteiger partial charge is 0.497 e. The number of ether oxygens (including phenoxy) is 1. The fraction of sp³-hybridized carbons (Fsp3) is 0.100. The molecule has 28 heavy (non-hydrogen) atoms. The molecule has 0 saturated heterocycles. The molecule has 2 heterocycles. The molecule has 2 aromatic heterocycles. The van der Waals surface area contributed by atoms with Crippen LogP contribution in [0.2, 0.25) is 0 Å². The maximum atomic E-state index is 12.3. The van der Waals surface area contributed by atoms with E-state index in [9.17, 15) is 4.79 Å². The standard InChI is InChI=1S/C20H16N4O4/c1-26-15-9-5-8-14(10-15)16-11-17(28-24-16)19(25)21-12-18-22-23-20(27-18)13-6-3-2-4-7-13/h2-11H,12H2,1H3,(H,21,25). The zero-order chi connectivity index (χ0) is 19.3. The van der Waals surface area contributed by atoms with Crippen molar-refractivity contribution in [3.63, 3.8) is 0 Å². The minimum absolute atomic E-state index is 0.0772. The number of rotatable bonds is 6. The molecule has 8 nitrogen and oxygen atoms in total. The van der Waals surface area contributed by atoms with Crippen molar-refractivity contribution < 1.29 is 18.5 Å². The van der Waals surface area contributed by atoms with E-state index in [1.165, 1.54) is 0 Å². The molecule has 0 saturated carbocycles. The van der Waals surface area contributed by atoms with Crippen LogP contribution < -0.4 is 10.1 Å². The molecule has 0 aliphatic rings. The van der Waals surface area contributed by atoms with Crippen molar-refractivity contribution in [1.29, 1.82) is 0 Å². The van der Waals surface area contributed by atoms with E-state index >= 15 is 0 Å². The van der Waals surface area contributed by atoms with E-state index in [1.807, 2.05) is 54.6 Å². The molecule has 1 amide bonds. The Morgan fingerprint density at radius 1 is 1.04 bits per heavy atom. The first-order chi connectivity index (χ1) is 13.7. The van der Waals surface area contributed by atoms with Crippen molar-refractivity contribution in [2.45, 2.75) is 6.54 Å². The third kappa shape index (κ3) is 3.75. The van der Waals surface area contributed by atoms with Gasteiger partial charge in [-0.05, 0) is 24.3 Å². The van der Waals surface area contributed by atoms with Crippen molar-refractivity contribution in [1.82, 2.24) is 20.7 Å². The summed E-state index contributed by atoms with van der Waals surface area (Å²) in [6, 6.07) is 18.3. The molecule has 0 aliphatic heterocycles. The van der Waals surface area contributed by atoms with Crippen molar-refractivity contribution in [2.24, 2.45) is 0 Å². The Morgan fingerprint density at radius 2 is 1.86 bits per heavy atom. The van der Waals surface area contributed by atoms with Crippen LogP contribution in [0, 0.1) is 0 Å². The quantitative estimate of drug-likeness (QED) is 0.550. The van der Waals surface area contributed by atoms with Crippen molar-refractivity contribution in [3.05, 3.63) is 72.3 Å². The van der Waals surface area contributed by atoms with Gasteiger partial charge in [0, 0.05) is 17.2 Å². The number of methoxy groups -OCH3 is 1. The summed E-state index contributed by atoms with van der Waals surface area (Å²) >= 11 is 0. The maximum absolute atomic E-state index is 12.3. The summed E-state index contributed by atoms with van der Waals surface area (Å²) in [5.74, 6) is 1.03. The van der Waals surface area contributed by atoms with Crippen LogP contribution in [-0.2, 0) is 6.54 Å². The van der Waals surface area contributed by atoms with Crippen LogP contribution in [0.3, 0.4) is 0 Å². The lowest BCUT2D eigenvalue weighted by molar-refractivity contribution is 0.0910. The fourth-order valence-electron chi connectivity index (χ4n) is 2.57. The molecule has 140 valence electrons. The van der Waals surface area contributed by atoms with E-state index in [2.05, 4.69) is 20.7 Å². The summed E-state index contributed by atoms with van der Waals surface area (Å²) in [5, 5.41) is 14.5. The molecular formula is C20H16N4O4. The van der Waals surface area contributed by atoms with Gasteiger partial charge in [-0.25, -0.2) is 0 Å². The number of hydrogen-bond acceptors (Lipinski definition) is 7. The smallest absolute Gasteiger partial charge is 0.290 e. The molecule has 0 fully saturated rings. The van der Waals surface area contributed by atoms with Crippen LogP contribution in [0.25, 0.3) is 22.7 Å². The van der Waals surface area contributed by atoms with Gasteiger partial charge in [-0.1, -0.05) is 35.5 Å². The van der Waals surface area contributed by atoms with Gasteiger partial charge in [0.1, 0.15) is 11.4 Å².